The van der Waals surface area contributed by atoms with Gasteiger partial charge in [-0.05, 0) is 47.8 Å². The Bertz CT molecular complexity index is 854. The number of likely N-dealkylation sites (tertiary alicyclic amines) is 1. The third-order valence-electron chi connectivity index (χ3n) is 6.76. The van der Waals surface area contributed by atoms with Gasteiger partial charge in [0.05, 0.1) is 13.2 Å². The summed E-state index contributed by atoms with van der Waals surface area (Å²) in [5, 5.41) is 3.51. The largest absolute Gasteiger partial charge is 0.378 e. The molecule has 0 unspecified atom stereocenters. The van der Waals surface area contributed by atoms with E-state index in [1.165, 1.54) is 12.0 Å². The Morgan fingerprint density at radius 3 is 2.30 bits per heavy atom. The van der Waals surface area contributed by atoms with Crippen LogP contribution in [0.15, 0.2) is 37.1 Å². The number of hydrogen-bond acceptors (Lipinski definition) is 4. The normalized spacial score (nSPS) is 21.6. The number of nitrogens with zero attached hydrogens (tertiary/aromatic N) is 2. The maximum Gasteiger partial charge on any atom is 0.223 e. The predicted octanol–water partition coefficient (Wildman–Crippen LogP) is 5.50. The lowest BCUT2D eigenvalue weighted by molar-refractivity contribution is -0.135. The number of anilines is 1. The minimum Gasteiger partial charge on any atom is -0.378 e. The highest BCUT2D eigenvalue weighted by molar-refractivity contribution is 5.78. The van der Waals surface area contributed by atoms with Crippen LogP contribution in [0.3, 0.4) is 0 Å². The molecule has 5 nitrogen and oxygen atoms in total. The van der Waals surface area contributed by atoms with Gasteiger partial charge >= 0.3 is 0 Å². The molecule has 2 fully saturated rings. The van der Waals surface area contributed by atoms with Gasteiger partial charge in [0.25, 0.3) is 0 Å². The van der Waals surface area contributed by atoms with Gasteiger partial charge in [0, 0.05) is 55.2 Å². The third-order valence-corrected chi connectivity index (χ3v) is 6.76. The summed E-state index contributed by atoms with van der Waals surface area (Å²) in [5.74, 6) is 1.49. The van der Waals surface area contributed by atoms with Crippen LogP contribution in [-0.4, -0.2) is 55.1 Å². The van der Waals surface area contributed by atoms with Crippen molar-refractivity contribution in [3.8, 4) is 0 Å². The Hall–Kier alpha value is -2.27. The van der Waals surface area contributed by atoms with E-state index < -0.39 is 0 Å². The molecule has 1 N–H and O–H groups in total. The van der Waals surface area contributed by atoms with Crippen molar-refractivity contribution in [2.24, 2.45) is 11.8 Å². The zero-order chi connectivity index (χ0) is 24.2. The Morgan fingerprint density at radius 2 is 1.70 bits per heavy atom. The van der Waals surface area contributed by atoms with Crippen LogP contribution in [0.5, 0.6) is 0 Å². The first-order valence-corrected chi connectivity index (χ1v) is 12.4. The second-order valence-electron chi connectivity index (χ2n) is 11.0. The monoisotopic (exact) mass is 453 g/mol. The first kappa shape index (κ1) is 25.4. The Kier molecular flexibility index (Phi) is 8.28. The fourth-order valence-electron chi connectivity index (χ4n) is 4.89. The van der Waals surface area contributed by atoms with Gasteiger partial charge in [-0.2, -0.15) is 0 Å². The molecule has 0 aliphatic carbocycles. The van der Waals surface area contributed by atoms with Crippen LogP contribution in [0.2, 0.25) is 0 Å². The molecular formula is C28H43N3O2. The Labute approximate surface area is 200 Å². The van der Waals surface area contributed by atoms with Crippen molar-refractivity contribution in [3.05, 3.63) is 48.2 Å². The van der Waals surface area contributed by atoms with Crippen LogP contribution in [0, 0.1) is 11.8 Å². The molecule has 1 aromatic rings. The summed E-state index contributed by atoms with van der Waals surface area (Å²) < 4.78 is 5.35. The van der Waals surface area contributed by atoms with Gasteiger partial charge in [-0.15, -0.1) is 0 Å². The number of morpholine rings is 1. The highest BCUT2D eigenvalue weighted by Crippen LogP contribution is 2.35. The molecule has 2 aliphatic rings. The van der Waals surface area contributed by atoms with Crippen LogP contribution in [0.1, 0.15) is 65.0 Å². The molecule has 2 saturated heterocycles. The first-order chi connectivity index (χ1) is 15.5. The first-order valence-electron chi connectivity index (χ1n) is 12.4. The van der Waals surface area contributed by atoms with Gasteiger partial charge in [0.1, 0.15) is 0 Å². The second kappa shape index (κ2) is 10.8. The molecule has 2 heterocycles. The number of piperidine rings is 1. The standard InChI is InChI=1S/C28H43N3O2/c1-20-16-21(2)19-31(18-20)23(4)25-17-24(28(5,6)7)9-10-26(25)29-22(3)8-11-27(32)30-12-14-33-15-13-30/h9-10,17,20-21,29H,3-4,8,11-16,18-19H2,1-2,5-7H3/t20-,21+. The molecule has 0 aromatic heterocycles. The van der Waals surface area contributed by atoms with E-state index in [-0.39, 0.29) is 11.3 Å². The molecule has 182 valence electrons. The number of amides is 1. The molecule has 5 heteroatoms. The van der Waals surface area contributed by atoms with E-state index in [0.717, 1.165) is 35.7 Å². The van der Waals surface area contributed by atoms with E-state index >= 15 is 0 Å². The smallest absolute Gasteiger partial charge is 0.223 e. The van der Waals surface area contributed by atoms with Crippen LogP contribution in [0.4, 0.5) is 5.69 Å². The van der Waals surface area contributed by atoms with E-state index in [2.05, 4.69) is 76.2 Å². The van der Waals surface area contributed by atoms with Crippen molar-refractivity contribution in [1.82, 2.24) is 9.80 Å². The summed E-state index contributed by atoms with van der Waals surface area (Å²) in [6.07, 6.45) is 2.34. The van der Waals surface area contributed by atoms with E-state index in [4.69, 9.17) is 4.74 Å². The average Bonchev–Trinajstić information content (AvgIpc) is 2.76. The molecule has 33 heavy (non-hydrogen) atoms. The fraction of sp³-hybridized carbons (Fsp3) is 0.607. The Balaban J connectivity index is 1.74. The van der Waals surface area contributed by atoms with Crippen LogP contribution < -0.4 is 5.32 Å². The molecule has 0 spiro atoms. The van der Waals surface area contributed by atoms with Gasteiger partial charge in [0.2, 0.25) is 5.91 Å². The highest BCUT2D eigenvalue weighted by atomic mass is 16.5. The number of carbonyl (C=O) groups is 1. The highest BCUT2D eigenvalue weighted by Gasteiger charge is 2.25. The predicted molar refractivity (Wildman–Crippen MR) is 138 cm³/mol. The van der Waals surface area contributed by atoms with Gasteiger partial charge in [-0.1, -0.05) is 53.8 Å². The van der Waals surface area contributed by atoms with Crippen LogP contribution in [-0.2, 0) is 14.9 Å². The van der Waals surface area contributed by atoms with Crippen molar-refractivity contribution in [1.29, 1.82) is 0 Å². The lowest BCUT2D eigenvalue weighted by Crippen LogP contribution is -2.40. The van der Waals surface area contributed by atoms with Crippen molar-refractivity contribution in [2.75, 3.05) is 44.7 Å². The summed E-state index contributed by atoms with van der Waals surface area (Å²) >= 11 is 0. The van der Waals surface area contributed by atoms with Crippen molar-refractivity contribution in [2.45, 2.75) is 59.3 Å². The minimum absolute atomic E-state index is 0.0532. The van der Waals surface area contributed by atoms with Gasteiger partial charge in [-0.3, -0.25) is 4.79 Å². The van der Waals surface area contributed by atoms with Gasteiger partial charge in [0.15, 0.2) is 0 Å². The maximum absolute atomic E-state index is 12.5. The van der Waals surface area contributed by atoms with Gasteiger partial charge in [-0.25, -0.2) is 0 Å². The molecule has 3 rings (SSSR count). The fourth-order valence-corrected chi connectivity index (χ4v) is 4.89. The summed E-state index contributed by atoms with van der Waals surface area (Å²) in [6, 6.07) is 6.61. The summed E-state index contributed by atoms with van der Waals surface area (Å²) in [5.41, 5.74) is 5.41. The lowest BCUT2D eigenvalue weighted by atomic mass is 9.85. The summed E-state index contributed by atoms with van der Waals surface area (Å²) in [4.78, 5) is 16.9. The maximum atomic E-state index is 12.5. The quantitative estimate of drug-likeness (QED) is 0.592. The van der Waals surface area contributed by atoms with Gasteiger partial charge < -0.3 is 19.9 Å². The number of hydrogen-bond donors (Lipinski definition) is 1. The molecule has 2 atom stereocenters. The lowest BCUT2D eigenvalue weighted by Gasteiger charge is -2.38. The van der Waals surface area contributed by atoms with Crippen molar-refractivity contribution in [3.63, 3.8) is 0 Å². The number of benzene rings is 1. The zero-order valence-electron chi connectivity index (χ0n) is 21.4. The minimum atomic E-state index is 0.0532. The number of ether oxygens (including phenoxy) is 1. The van der Waals surface area contributed by atoms with Crippen molar-refractivity contribution < 1.29 is 9.53 Å². The summed E-state index contributed by atoms with van der Waals surface area (Å²) in [6.45, 7) is 24.8. The van der Waals surface area contributed by atoms with Crippen molar-refractivity contribution >= 4 is 17.3 Å². The topological polar surface area (TPSA) is 44.8 Å². The van der Waals surface area contributed by atoms with E-state index in [1.54, 1.807) is 0 Å². The average molecular weight is 454 g/mol. The molecule has 0 radical (unpaired) electrons. The number of rotatable bonds is 7. The van der Waals surface area contributed by atoms with E-state index in [9.17, 15) is 4.79 Å². The molecular weight excluding hydrogens is 410 g/mol. The third kappa shape index (κ3) is 6.86. The number of nitrogens with one attached hydrogen (secondary N) is 1. The summed E-state index contributed by atoms with van der Waals surface area (Å²) in [7, 11) is 0. The number of allylic oxidation sites excluding steroid dienone is 1. The molecule has 2 aliphatic heterocycles. The number of carbonyl (C=O) groups excluding carboxylic acids is 1. The van der Waals surface area contributed by atoms with E-state index in [1.807, 2.05) is 4.90 Å². The molecule has 0 bridgehead atoms. The molecule has 1 aromatic carbocycles. The SMILES string of the molecule is C=C(CCC(=O)N1CCOCC1)Nc1ccc(C(C)(C)C)cc1C(=C)N1C[C@H](C)C[C@H](C)C1. The van der Waals surface area contributed by atoms with Crippen LogP contribution >= 0.6 is 0 Å². The molecule has 0 saturated carbocycles. The van der Waals surface area contributed by atoms with Crippen LogP contribution in [0.25, 0.3) is 5.70 Å². The second-order valence-corrected chi connectivity index (χ2v) is 11.0. The zero-order valence-corrected chi connectivity index (χ0v) is 21.4. The van der Waals surface area contributed by atoms with E-state index in [0.29, 0.717) is 51.0 Å². The molecule has 1 amide bonds. The Morgan fingerprint density at radius 1 is 1.06 bits per heavy atom.